The van der Waals surface area contributed by atoms with Crippen molar-refractivity contribution in [1.82, 2.24) is 19.1 Å². The molecule has 1 aromatic carbocycles. The molecule has 0 aliphatic rings. The number of halogens is 1. The molecule has 1 amide bonds. The SMILES string of the molecule is Cc1nn(CC(=O)Nc2ccc(Br)cc2)c(=S)n1-n1cccc1. The van der Waals surface area contributed by atoms with Crippen LogP contribution in [0, 0.1) is 11.7 Å². The van der Waals surface area contributed by atoms with Crippen LogP contribution in [0.15, 0.2) is 53.3 Å². The van der Waals surface area contributed by atoms with Crippen molar-refractivity contribution in [1.29, 1.82) is 0 Å². The number of nitrogens with zero attached hydrogens (tertiary/aromatic N) is 4. The molecule has 118 valence electrons. The number of benzene rings is 1. The Morgan fingerprint density at radius 3 is 2.57 bits per heavy atom. The highest BCUT2D eigenvalue weighted by molar-refractivity contribution is 9.10. The number of amides is 1. The molecule has 0 saturated heterocycles. The Morgan fingerprint density at radius 2 is 1.91 bits per heavy atom. The van der Waals surface area contributed by atoms with Crippen molar-refractivity contribution in [2.75, 3.05) is 5.32 Å². The molecular formula is C15H14BrN5OS. The molecule has 0 atom stereocenters. The van der Waals surface area contributed by atoms with E-state index in [9.17, 15) is 4.79 Å². The van der Waals surface area contributed by atoms with Gasteiger partial charge in [0.25, 0.3) is 0 Å². The molecule has 0 unspecified atom stereocenters. The Kier molecular flexibility index (Phi) is 4.44. The first-order valence-electron chi connectivity index (χ1n) is 6.90. The summed E-state index contributed by atoms with van der Waals surface area (Å²) in [7, 11) is 0. The average molecular weight is 392 g/mol. The summed E-state index contributed by atoms with van der Waals surface area (Å²) in [5.74, 6) is 0.531. The molecule has 0 saturated carbocycles. The van der Waals surface area contributed by atoms with Gasteiger partial charge in [-0.3, -0.25) is 9.47 Å². The van der Waals surface area contributed by atoms with E-state index in [1.54, 1.807) is 4.68 Å². The largest absolute Gasteiger partial charge is 0.324 e. The van der Waals surface area contributed by atoms with E-state index in [0.29, 0.717) is 10.6 Å². The van der Waals surface area contributed by atoms with Crippen LogP contribution in [-0.4, -0.2) is 25.0 Å². The highest BCUT2D eigenvalue weighted by atomic mass is 79.9. The van der Waals surface area contributed by atoms with Gasteiger partial charge in [0.1, 0.15) is 12.4 Å². The minimum absolute atomic E-state index is 0.0595. The fourth-order valence-electron chi connectivity index (χ4n) is 2.20. The summed E-state index contributed by atoms with van der Waals surface area (Å²) in [6.07, 6.45) is 3.74. The Balaban J connectivity index is 1.78. The van der Waals surface area contributed by atoms with Crippen LogP contribution in [-0.2, 0) is 11.3 Å². The standard InChI is InChI=1S/C15H14BrN5OS/c1-11-18-20(15(23)21(11)19-8-2-3-9-19)10-14(22)17-13-6-4-12(16)5-7-13/h2-9H,10H2,1H3,(H,17,22). The number of carbonyl (C=O) groups is 1. The van der Waals surface area contributed by atoms with E-state index >= 15 is 0 Å². The summed E-state index contributed by atoms with van der Waals surface area (Å²) in [6, 6.07) is 11.2. The first kappa shape index (κ1) is 15.7. The lowest BCUT2D eigenvalue weighted by atomic mass is 10.3. The fraction of sp³-hybridized carbons (Fsp3) is 0.133. The first-order chi connectivity index (χ1) is 11.0. The minimum Gasteiger partial charge on any atom is -0.324 e. The Bertz CT molecular complexity index is 880. The second kappa shape index (κ2) is 6.51. The molecule has 2 heterocycles. The van der Waals surface area contributed by atoms with Gasteiger partial charge in [0.2, 0.25) is 10.7 Å². The quantitative estimate of drug-likeness (QED) is 0.694. The van der Waals surface area contributed by atoms with Crippen molar-refractivity contribution < 1.29 is 4.79 Å². The van der Waals surface area contributed by atoms with Gasteiger partial charge in [0.05, 0.1) is 0 Å². The molecule has 6 nitrogen and oxygen atoms in total. The van der Waals surface area contributed by atoms with Crippen molar-refractivity contribution in [2.45, 2.75) is 13.5 Å². The van der Waals surface area contributed by atoms with Crippen molar-refractivity contribution in [3.05, 3.63) is 63.9 Å². The van der Waals surface area contributed by atoms with Crippen molar-refractivity contribution in [3.8, 4) is 0 Å². The highest BCUT2D eigenvalue weighted by Gasteiger charge is 2.11. The third-order valence-electron chi connectivity index (χ3n) is 3.21. The molecule has 23 heavy (non-hydrogen) atoms. The number of aryl methyl sites for hydroxylation is 1. The van der Waals surface area contributed by atoms with Crippen molar-refractivity contribution in [2.24, 2.45) is 0 Å². The van der Waals surface area contributed by atoms with Crippen LogP contribution < -0.4 is 5.32 Å². The van der Waals surface area contributed by atoms with Gasteiger partial charge in [-0.15, -0.1) is 0 Å². The van der Waals surface area contributed by atoms with Gasteiger partial charge < -0.3 is 5.32 Å². The van der Waals surface area contributed by atoms with E-state index in [-0.39, 0.29) is 12.5 Å². The van der Waals surface area contributed by atoms with Crippen LogP contribution in [0.3, 0.4) is 0 Å². The second-order valence-electron chi connectivity index (χ2n) is 4.92. The topological polar surface area (TPSA) is 56.8 Å². The monoisotopic (exact) mass is 391 g/mol. The predicted octanol–water partition coefficient (Wildman–Crippen LogP) is 3.24. The first-order valence-corrected chi connectivity index (χ1v) is 8.10. The molecule has 3 rings (SSSR count). The number of hydrogen-bond acceptors (Lipinski definition) is 3. The van der Waals surface area contributed by atoms with E-state index in [0.717, 1.165) is 10.2 Å². The predicted molar refractivity (Wildman–Crippen MR) is 93.8 cm³/mol. The second-order valence-corrected chi connectivity index (χ2v) is 6.20. The zero-order valence-electron chi connectivity index (χ0n) is 12.3. The minimum atomic E-state index is -0.180. The number of rotatable bonds is 4. The van der Waals surface area contributed by atoms with Crippen LogP contribution in [0.5, 0.6) is 0 Å². The van der Waals surface area contributed by atoms with Crippen molar-refractivity contribution >= 4 is 39.7 Å². The summed E-state index contributed by atoms with van der Waals surface area (Å²) in [4.78, 5) is 12.2. The van der Waals surface area contributed by atoms with Crippen LogP contribution in [0.2, 0.25) is 0 Å². The van der Waals surface area contributed by atoms with Crippen LogP contribution in [0.25, 0.3) is 0 Å². The zero-order chi connectivity index (χ0) is 16.4. The number of nitrogens with one attached hydrogen (secondary N) is 1. The normalized spacial score (nSPS) is 10.7. The lowest BCUT2D eigenvalue weighted by Crippen LogP contribution is -2.20. The van der Waals surface area contributed by atoms with Gasteiger partial charge in [-0.2, -0.15) is 5.10 Å². The van der Waals surface area contributed by atoms with Crippen LogP contribution in [0.1, 0.15) is 5.82 Å². The maximum absolute atomic E-state index is 12.2. The van der Waals surface area contributed by atoms with Gasteiger partial charge >= 0.3 is 0 Å². The molecule has 0 aliphatic heterocycles. The Labute approximate surface area is 146 Å². The molecule has 3 aromatic rings. The molecule has 1 N–H and O–H groups in total. The summed E-state index contributed by atoms with van der Waals surface area (Å²) in [6.45, 7) is 1.91. The van der Waals surface area contributed by atoms with Crippen LogP contribution >= 0.6 is 28.1 Å². The van der Waals surface area contributed by atoms with Gasteiger partial charge in [-0.25, -0.2) is 9.36 Å². The molecule has 0 spiro atoms. The van der Waals surface area contributed by atoms with E-state index in [2.05, 4.69) is 26.3 Å². The lowest BCUT2D eigenvalue weighted by Gasteiger charge is -2.06. The number of anilines is 1. The molecule has 0 fully saturated rings. The highest BCUT2D eigenvalue weighted by Crippen LogP contribution is 2.14. The van der Waals surface area contributed by atoms with E-state index in [1.165, 1.54) is 4.68 Å². The van der Waals surface area contributed by atoms with Crippen LogP contribution in [0.4, 0.5) is 5.69 Å². The van der Waals surface area contributed by atoms with Gasteiger partial charge in [0.15, 0.2) is 0 Å². The Morgan fingerprint density at radius 1 is 1.26 bits per heavy atom. The maximum Gasteiger partial charge on any atom is 0.246 e. The smallest absolute Gasteiger partial charge is 0.246 e. The van der Waals surface area contributed by atoms with E-state index < -0.39 is 0 Å². The van der Waals surface area contributed by atoms with Gasteiger partial charge in [0, 0.05) is 22.6 Å². The van der Waals surface area contributed by atoms with Gasteiger partial charge in [-0.05, 0) is 55.5 Å². The van der Waals surface area contributed by atoms with Gasteiger partial charge in [-0.1, -0.05) is 15.9 Å². The molecule has 0 aliphatic carbocycles. The maximum atomic E-state index is 12.2. The van der Waals surface area contributed by atoms with E-state index in [1.807, 2.05) is 60.4 Å². The molecule has 2 aromatic heterocycles. The number of hydrogen-bond donors (Lipinski definition) is 1. The zero-order valence-corrected chi connectivity index (χ0v) is 14.7. The van der Waals surface area contributed by atoms with E-state index in [4.69, 9.17) is 12.2 Å². The summed E-state index contributed by atoms with van der Waals surface area (Å²) >= 11 is 8.78. The molecule has 0 bridgehead atoms. The average Bonchev–Trinajstić information content (AvgIpc) is 3.11. The fourth-order valence-corrected chi connectivity index (χ4v) is 2.80. The summed E-state index contributed by atoms with van der Waals surface area (Å²) < 4.78 is 6.53. The van der Waals surface area contributed by atoms with Crippen molar-refractivity contribution in [3.63, 3.8) is 0 Å². The molecular weight excluding hydrogens is 378 g/mol. The lowest BCUT2D eigenvalue weighted by molar-refractivity contribution is -0.116. The molecule has 0 radical (unpaired) electrons. The third-order valence-corrected chi connectivity index (χ3v) is 4.13. The summed E-state index contributed by atoms with van der Waals surface area (Å²) in [5, 5.41) is 7.17. The third kappa shape index (κ3) is 3.43. The number of carbonyl (C=O) groups excluding carboxylic acids is 1. The summed E-state index contributed by atoms with van der Waals surface area (Å²) in [5.41, 5.74) is 0.728. The Hall–Kier alpha value is -2.19. The number of aromatic nitrogens is 4. The molecule has 8 heteroatoms.